The number of ether oxygens (including phenoxy) is 3. The maximum Gasteiger partial charge on any atom is 0.164 e. The predicted molar refractivity (Wildman–Crippen MR) is 164 cm³/mol. The van der Waals surface area contributed by atoms with E-state index >= 15 is 0 Å². The van der Waals surface area contributed by atoms with Gasteiger partial charge < -0.3 is 24.4 Å². The number of methoxy groups -OCH3 is 3. The van der Waals surface area contributed by atoms with Gasteiger partial charge in [-0.15, -0.1) is 24.8 Å². The van der Waals surface area contributed by atoms with Crippen LogP contribution in [0.25, 0.3) is 0 Å². The Labute approximate surface area is 243 Å². The molecule has 216 valence electrons. The van der Waals surface area contributed by atoms with E-state index in [1.54, 1.807) is 21.3 Å². The number of rotatable bonds is 17. The molecule has 2 aromatic rings. The number of fused-ring (bicyclic) bond motifs is 1. The van der Waals surface area contributed by atoms with Crippen molar-refractivity contribution in [3.8, 4) is 17.2 Å². The second kappa shape index (κ2) is 19.4. The summed E-state index contributed by atoms with van der Waals surface area (Å²) in [5.74, 6) is 2.72. The molecule has 1 unspecified atom stereocenters. The van der Waals surface area contributed by atoms with E-state index in [0.717, 1.165) is 49.6 Å². The first-order valence-electron chi connectivity index (χ1n) is 14.0. The normalized spacial score (nSPS) is 14.3. The fraction of sp³-hybridized carbons (Fsp3) is 0.613. The molecule has 0 saturated carbocycles. The van der Waals surface area contributed by atoms with Crippen molar-refractivity contribution >= 4 is 24.8 Å². The Morgan fingerprint density at radius 3 is 2.24 bits per heavy atom. The molecule has 0 radical (unpaired) electrons. The van der Waals surface area contributed by atoms with Gasteiger partial charge in [-0.2, -0.15) is 0 Å². The highest BCUT2D eigenvalue weighted by Gasteiger charge is 2.27. The molecule has 0 fully saturated rings. The summed E-state index contributed by atoms with van der Waals surface area (Å²) >= 11 is 0. The molecular weight excluding hydrogens is 519 g/mol. The highest BCUT2D eigenvalue weighted by Crippen LogP contribution is 2.38. The molecule has 0 aromatic heterocycles. The van der Waals surface area contributed by atoms with Crippen LogP contribution < -0.4 is 19.5 Å². The molecule has 0 spiro atoms. The topological polar surface area (TPSA) is 43.0 Å². The van der Waals surface area contributed by atoms with Gasteiger partial charge in [0.1, 0.15) is 5.75 Å². The zero-order valence-electron chi connectivity index (χ0n) is 23.9. The minimum atomic E-state index is 0. The number of halogens is 2. The quantitative estimate of drug-likeness (QED) is 0.210. The van der Waals surface area contributed by atoms with Crippen LogP contribution in [0.1, 0.15) is 68.6 Å². The minimum absolute atomic E-state index is 0. The molecule has 0 aliphatic heterocycles. The highest BCUT2D eigenvalue weighted by atomic mass is 35.5. The van der Waals surface area contributed by atoms with Crippen molar-refractivity contribution in [3.63, 3.8) is 0 Å². The third kappa shape index (κ3) is 10.5. The molecule has 3 rings (SSSR count). The molecule has 0 bridgehead atoms. The van der Waals surface area contributed by atoms with Crippen LogP contribution in [-0.4, -0.2) is 58.5 Å². The van der Waals surface area contributed by atoms with Crippen LogP contribution in [-0.2, 0) is 19.3 Å². The lowest BCUT2D eigenvalue weighted by atomic mass is 9.86. The number of aryl methyl sites for hydroxylation is 1. The Morgan fingerprint density at radius 2 is 1.55 bits per heavy atom. The number of unbranched alkanes of at least 4 members (excludes halogenated alkanes) is 3. The lowest BCUT2D eigenvalue weighted by molar-refractivity contribution is 0.175. The van der Waals surface area contributed by atoms with Crippen LogP contribution in [0.4, 0.5) is 0 Å². The first kappa shape index (κ1) is 34.4. The smallest absolute Gasteiger partial charge is 0.164 e. The Kier molecular flexibility index (Phi) is 17.6. The van der Waals surface area contributed by atoms with Gasteiger partial charge in [-0.25, -0.2) is 0 Å². The van der Waals surface area contributed by atoms with E-state index in [1.807, 2.05) is 12.1 Å². The first-order valence-corrected chi connectivity index (χ1v) is 14.0. The minimum Gasteiger partial charge on any atom is -0.497 e. The molecular formula is C31H50Cl2N2O3. The zero-order valence-corrected chi connectivity index (χ0v) is 25.6. The standard InChI is InChI=1S/C31H48N2O3.2ClH/c1-5-22-33(27-15-18-29-26(24-27)14-19-30(35-3)31(29)36-4)23-9-7-6-8-20-32-21-10-11-25-12-16-28(34-2)17-13-25;;/h12-14,16-17,19,27,32H,5-11,15,18,20-24H2,1-4H3;2*1H. The SMILES string of the molecule is CCCN(CCCCCCNCCCc1ccc(OC)cc1)C1CCc2c(ccc(OC)c2OC)C1.Cl.Cl. The molecule has 1 aliphatic rings. The predicted octanol–water partition coefficient (Wildman–Crippen LogP) is 6.91. The van der Waals surface area contributed by atoms with Crippen molar-refractivity contribution in [1.82, 2.24) is 10.2 Å². The Morgan fingerprint density at radius 1 is 0.816 bits per heavy atom. The van der Waals surface area contributed by atoms with Crippen molar-refractivity contribution in [2.24, 2.45) is 0 Å². The molecule has 1 aliphatic carbocycles. The van der Waals surface area contributed by atoms with E-state index in [1.165, 1.54) is 74.7 Å². The van der Waals surface area contributed by atoms with Crippen LogP contribution in [0.2, 0.25) is 0 Å². The van der Waals surface area contributed by atoms with Gasteiger partial charge >= 0.3 is 0 Å². The first-order chi connectivity index (χ1) is 17.7. The van der Waals surface area contributed by atoms with E-state index in [0.29, 0.717) is 6.04 Å². The zero-order chi connectivity index (χ0) is 25.6. The molecule has 38 heavy (non-hydrogen) atoms. The van der Waals surface area contributed by atoms with Gasteiger partial charge in [-0.1, -0.05) is 38.0 Å². The van der Waals surface area contributed by atoms with Crippen molar-refractivity contribution in [3.05, 3.63) is 53.1 Å². The number of benzene rings is 2. The summed E-state index contributed by atoms with van der Waals surface area (Å²) < 4.78 is 16.4. The summed E-state index contributed by atoms with van der Waals surface area (Å²) in [6, 6.07) is 13.4. The highest BCUT2D eigenvalue weighted by molar-refractivity contribution is 5.85. The van der Waals surface area contributed by atoms with Gasteiger partial charge in [-0.3, -0.25) is 0 Å². The number of hydrogen-bond acceptors (Lipinski definition) is 5. The van der Waals surface area contributed by atoms with Crippen molar-refractivity contribution in [2.75, 3.05) is 47.5 Å². The number of hydrogen-bond donors (Lipinski definition) is 1. The summed E-state index contributed by atoms with van der Waals surface area (Å²) in [4.78, 5) is 2.75. The number of nitrogens with one attached hydrogen (secondary N) is 1. The Balaban J connectivity index is 0.00000361. The van der Waals surface area contributed by atoms with Crippen LogP contribution in [0.15, 0.2) is 36.4 Å². The third-order valence-electron chi connectivity index (χ3n) is 7.48. The fourth-order valence-electron chi connectivity index (χ4n) is 5.49. The van der Waals surface area contributed by atoms with Crippen LogP contribution in [0.3, 0.4) is 0 Å². The molecule has 0 heterocycles. The summed E-state index contributed by atoms with van der Waals surface area (Å²) in [5, 5.41) is 3.62. The monoisotopic (exact) mass is 568 g/mol. The lowest BCUT2D eigenvalue weighted by Crippen LogP contribution is -2.40. The van der Waals surface area contributed by atoms with Gasteiger partial charge in [0.15, 0.2) is 11.5 Å². The van der Waals surface area contributed by atoms with Crippen LogP contribution >= 0.6 is 24.8 Å². The van der Waals surface area contributed by atoms with E-state index in [4.69, 9.17) is 14.2 Å². The molecule has 0 amide bonds. The summed E-state index contributed by atoms with van der Waals surface area (Å²) in [7, 11) is 5.19. The molecule has 5 nitrogen and oxygen atoms in total. The van der Waals surface area contributed by atoms with Crippen molar-refractivity contribution in [2.45, 2.75) is 77.2 Å². The van der Waals surface area contributed by atoms with Gasteiger partial charge in [0, 0.05) is 11.6 Å². The van der Waals surface area contributed by atoms with Crippen molar-refractivity contribution < 1.29 is 14.2 Å². The fourth-order valence-corrected chi connectivity index (χ4v) is 5.49. The summed E-state index contributed by atoms with van der Waals surface area (Å²) in [5.41, 5.74) is 4.17. The van der Waals surface area contributed by atoms with E-state index < -0.39 is 0 Å². The lowest BCUT2D eigenvalue weighted by Gasteiger charge is -2.36. The largest absolute Gasteiger partial charge is 0.497 e. The molecule has 1 atom stereocenters. The van der Waals surface area contributed by atoms with Gasteiger partial charge in [0.25, 0.3) is 0 Å². The summed E-state index contributed by atoms with van der Waals surface area (Å²) in [6.45, 7) is 6.94. The van der Waals surface area contributed by atoms with Crippen molar-refractivity contribution in [1.29, 1.82) is 0 Å². The third-order valence-corrected chi connectivity index (χ3v) is 7.48. The second-order valence-electron chi connectivity index (χ2n) is 9.99. The molecule has 0 saturated heterocycles. The average molecular weight is 570 g/mol. The Bertz CT molecular complexity index is 895. The van der Waals surface area contributed by atoms with E-state index in [2.05, 4.69) is 41.4 Å². The Hall–Kier alpha value is -1.66. The summed E-state index contributed by atoms with van der Waals surface area (Å²) in [6.07, 6.45) is 12.1. The maximum absolute atomic E-state index is 5.69. The number of nitrogens with zero attached hydrogens (tertiary/aromatic N) is 1. The van der Waals surface area contributed by atoms with Crippen LogP contribution in [0, 0.1) is 0 Å². The second-order valence-corrected chi connectivity index (χ2v) is 9.99. The van der Waals surface area contributed by atoms with Gasteiger partial charge in [0.2, 0.25) is 0 Å². The average Bonchev–Trinajstić information content (AvgIpc) is 2.92. The van der Waals surface area contributed by atoms with Gasteiger partial charge in [0.05, 0.1) is 21.3 Å². The molecule has 1 N–H and O–H groups in total. The maximum atomic E-state index is 5.69. The van der Waals surface area contributed by atoms with E-state index in [9.17, 15) is 0 Å². The van der Waals surface area contributed by atoms with Gasteiger partial charge in [-0.05, 0) is 107 Å². The van der Waals surface area contributed by atoms with Crippen LogP contribution in [0.5, 0.6) is 17.2 Å². The molecule has 7 heteroatoms. The molecule has 2 aromatic carbocycles. The van der Waals surface area contributed by atoms with E-state index in [-0.39, 0.29) is 24.8 Å².